The van der Waals surface area contributed by atoms with Gasteiger partial charge in [0, 0.05) is 11.3 Å². The fourth-order valence-electron chi connectivity index (χ4n) is 3.09. The van der Waals surface area contributed by atoms with Gasteiger partial charge in [-0.1, -0.05) is 24.3 Å². The third-order valence-corrected chi connectivity index (χ3v) is 5.05. The number of carbonyl (C=O) groups is 2. The SMILES string of the molecule is CC(C)(C)OC(=O)N1C(=O)[C@@](CO)(Cc2cccs2)c2ccccc21. The van der Waals surface area contributed by atoms with Crippen LogP contribution in [0.2, 0.25) is 0 Å². The van der Waals surface area contributed by atoms with Crippen LogP contribution < -0.4 is 4.90 Å². The highest BCUT2D eigenvalue weighted by Crippen LogP contribution is 2.44. The highest BCUT2D eigenvalue weighted by atomic mass is 32.1. The molecule has 1 aliphatic rings. The molecule has 25 heavy (non-hydrogen) atoms. The summed E-state index contributed by atoms with van der Waals surface area (Å²) in [5.74, 6) is -0.446. The van der Waals surface area contributed by atoms with Gasteiger partial charge in [0.05, 0.1) is 12.3 Å². The number of nitrogens with zero attached hydrogens (tertiary/aromatic N) is 1. The lowest BCUT2D eigenvalue weighted by molar-refractivity contribution is -0.124. The molecule has 1 aromatic carbocycles. The summed E-state index contributed by atoms with van der Waals surface area (Å²) in [5, 5.41) is 12.1. The zero-order valence-electron chi connectivity index (χ0n) is 14.5. The lowest BCUT2D eigenvalue weighted by atomic mass is 9.79. The van der Waals surface area contributed by atoms with Crippen LogP contribution in [0, 0.1) is 0 Å². The van der Waals surface area contributed by atoms with E-state index in [1.807, 2.05) is 23.6 Å². The molecule has 132 valence electrons. The van der Waals surface area contributed by atoms with E-state index < -0.39 is 23.0 Å². The van der Waals surface area contributed by atoms with Gasteiger partial charge >= 0.3 is 6.09 Å². The van der Waals surface area contributed by atoms with Crippen molar-refractivity contribution in [3.8, 4) is 0 Å². The summed E-state index contributed by atoms with van der Waals surface area (Å²) in [6.45, 7) is 4.88. The molecule has 2 amide bonds. The molecule has 0 fully saturated rings. The lowest BCUT2D eigenvalue weighted by Crippen LogP contribution is -2.48. The number of hydrogen-bond acceptors (Lipinski definition) is 5. The number of benzene rings is 1. The molecule has 0 radical (unpaired) electrons. The molecule has 1 atom stereocenters. The zero-order valence-corrected chi connectivity index (χ0v) is 15.3. The average molecular weight is 359 g/mol. The van der Waals surface area contributed by atoms with Crippen molar-refractivity contribution in [3.63, 3.8) is 0 Å². The van der Waals surface area contributed by atoms with Gasteiger partial charge in [0.2, 0.25) is 5.91 Å². The minimum Gasteiger partial charge on any atom is -0.443 e. The molecule has 3 rings (SSSR count). The Balaban J connectivity index is 2.06. The van der Waals surface area contributed by atoms with Crippen molar-refractivity contribution < 1.29 is 19.4 Å². The van der Waals surface area contributed by atoms with E-state index in [4.69, 9.17) is 4.74 Å². The van der Waals surface area contributed by atoms with Crippen molar-refractivity contribution in [2.75, 3.05) is 11.5 Å². The first-order chi connectivity index (χ1) is 11.8. The summed E-state index contributed by atoms with van der Waals surface area (Å²) in [6, 6.07) is 10.9. The van der Waals surface area contributed by atoms with Crippen LogP contribution in [0.3, 0.4) is 0 Å². The maximum Gasteiger partial charge on any atom is 0.421 e. The Morgan fingerprint density at radius 2 is 1.96 bits per heavy atom. The molecule has 5 nitrogen and oxygen atoms in total. The topological polar surface area (TPSA) is 66.8 Å². The van der Waals surface area contributed by atoms with E-state index in [2.05, 4.69) is 0 Å². The smallest absolute Gasteiger partial charge is 0.421 e. The number of carbonyl (C=O) groups excluding carboxylic acids is 2. The second kappa shape index (κ2) is 6.28. The van der Waals surface area contributed by atoms with E-state index >= 15 is 0 Å². The normalized spacial score (nSPS) is 19.8. The Morgan fingerprint density at radius 3 is 2.56 bits per heavy atom. The molecule has 0 bridgehead atoms. The van der Waals surface area contributed by atoms with Crippen molar-refractivity contribution in [1.29, 1.82) is 0 Å². The summed E-state index contributed by atoms with van der Waals surface area (Å²) in [4.78, 5) is 27.9. The number of fused-ring (bicyclic) bond motifs is 1. The van der Waals surface area contributed by atoms with E-state index in [0.717, 1.165) is 9.78 Å². The number of hydrogen-bond donors (Lipinski definition) is 1. The minimum absolute atomic E-state index is 0.344. The Bertz CT molecular complexity index is 794. The van der Waals surface area contributed by atoms with Gasteiger partial charge in [-0.2, -0.15) is 0 Å². The fourth-order valence-corrected chi connectivity index (χ4v) is 3.91. The molecule has 0 aliphatic carbocycles. The maximum absolute atomic E-state index is 13.2. The Hall–Kier alpha value is -2.18. The molecule has 2 aromatic rings. The quantitative estimate of drug-likeness (QED) is 0.911. The zero-order chi connectivity index (χ0) is 18.2. The first-order valence-corrected chi connectivity index (χ1v) is 8.97. The predicted octanol–water partition coefficient (Wildman–Crippen LogP) is 3.50. The second-order valence-corrected chi connectivity index (χ2v) is 8.17. The first kappa shape index (κ1) is 17.6. The highest BCUT2D eigenvalue weighted by Gasteiger charge is 2.53. The van der Waals surface area contributed by atoms with Crippen LogP contribution in [0.1, 0.15) is 31.2 Å². The number of aliphatic hydroxyl groups is 1. The summed E-state index contributed by atoms with van der Waals surface area (Å²) in [5.41, 5.74) is -0.753. The van der Waals surface area contributed by atoms with Crippen LogP contribution in [0.5, 0.6) is 0 Å². The largest absolute Gasteiger partial charge is 0.443 e. The summed E-state index contributed by atoms with van der Waals surface area (Å²) >= 11 is 1.52. The minimum atomic E-state index is -1.17. The first-order valence-electron chi connectivity index (χ1n) is 8.09. The Morgan fingerprint density at radius 1 is 1.24 bits per heavy atom. The fraction of sp³-hybridized carbons (Fsp3) is 0.368. The Labute approximate surface area is 150 Å². The van der Waals surface area contributed by atoms with Crippen molar-refractivity contribution in [2.45, 2.75) is 38.2 Å². The van der Waals surface area contributed by atoms with Crippen molar-refractivity contribution >= 4 is 29.0 Å². The third kappa shape index (κ3) is 3.07. The summed E-state index contributed by atoms with van der Waals surface area (Å²) < 4.78 is 5.41. The standard InChI is InChI=1S/C19H21NO4S/c1-18(2,3)24-17(23)20-15-9-5-4-8-14(15)19(12-21,16(20)22)11-13-7-6-10-25-13/h4-10,21H,11-12H2,1-3H3/t19-/m1/s1. The van der Waals surface area contributed by atoms with E-state index in [1.165, 1.54) is 11.3 Å². The van der Waals surface area contributed by atoms with Gasteiger partial charge in [0.1, 0.15) is 11.0 Å². The molecular weight excluding hydrogens is 338 g/mol. The van der Waals surface area contributed by atoms with E-state index in [1.54, 1.807) is 39.0 Å². The molecule has 6 heteroatoms. The van der Waals surface area contributed by atoms with Gasteiger partial charge < -0.3 is 9.84 Å². The molecule has 0 saturated carbocycles. The van der Waals surface area contributed by atoms with Gasteiger partial charge in [0.15, 0.2) is 0 Å². The van der Waals surface area contributed by atoms with Crippen LogP contribution in [0.25, 0.3) is 0 Å². The summed E-state index contributed by atoms with van der Waals surface area (Å²) in [7, 11) is 0. The number of aliphatic hydroxyl groups excluding tert-OH is 1. The number of amides is 2. The van der Waals surface area contributed by atoms with E-state index in [-0.39, 0.29) is 6.61 Å². The van der Waals surface area contributed by atoms with Gasteiger partial charge in [0.25, 0.3) is 0 Å². The number of rotatable bonds is 3. The summed E-state index contributed by atoms with van der Waals surface area (Å²) in [6.07, 6.45) is -0.373. The van der Waals surface area contributed by atoms with E-state index in [9.17, 15) is 14.7 Å². The van der Waals surface area contributed by atoms with Gasteiger partial charge in [-0.15, -0.1) is 11.3 Å². The van der Waals surface area contributed by atoms with Crippen molar-refractivity contribution in [3.05, 3.63) is 52.2 Å². The highest BCUT2D eigenvalue weighted by molar-refractivity contribution is 7.09. The monoisotopic (exact) mass is 359 g/mol. The van der Waals surface area contributed by atoms with Crippen LogP contribution in [-0.4, -0.2) is 29.3 Å². The maximum atomic E-state index is 13.2. The second-order valence-electron chi connectivity index (χ2n) is 7.13. The average Bonchev–Trinajstić information content (AvgIpc) is 3.12. The van der Waals surface area contributed by atoms with Crippen LogP contribution >= 0.6 is 11.3 Å². The molecule has 1 aromatic heterocycles. The number of imide groups is 1. The predicted molar refractivity (Wildman–Crippen MR) is 96.9 cm³/mol. The van der Waals surface area contributed by atoms with Crippen LogP contribution in [0.4, 0.5) is 10.5 Å². The molecule has 0 spiro atoms. The number of anilines is 1. The molecule has 0 unspecified atom stereocenters. The third-order valence-electron chi connectivity index (χ3n) is 4.18. The van der Waals surface area contributed by atoms with E-state index in [0.29, 0.717) is 17.7 Å². The van der Waals surface area contributed by atoms with Crippen molar-refractivity contribution in [1.82, 2.24) is 0 Å². The number of para-hydroxylation sites is 1. The van der Waals surface area contributed by atoms with Crippen LogP contribution in [-0.2, 0) is 21.4 Å². The van der Waals surface area contributed by atoms with Crippen LogP contribution in [0.15, 0.2) is 41.8 Å². The molecule has 0 saturated heterocycles. The van der Waals surface area contributed by atoms with Gasteiger partial charge in [-0.05, 0) is 43.8 Å². The number of thiophene rings is 1. The number of ether oxygens (including phenoxy) is 1. The van der Waals surface area contributed by atoms with Gasteiger partial charge in [-0.25, -0.2) is 9.69 Å². The molecule has 1 N–H and O–H groups in total. The lowest BCUT2D eigenvalue weighted by Gasteiger charge is -2.27. The van der Waals surface area contributed by atoms with Crippen molar-refractivity contribution in [2.24, 2.45) is 0 Å². The van der Waals surface area contributed by atoms with Gasteiger partial charge in [-0.3, -0.25) is 4.79 Å². The molecule has 2 heterocycles. The Kier molecular flexibility index (Phi) is 4.43. The molecular formula is C19H21NO4S. The molecule has 1 aliphatic heterocycles.